The quantitative estimate of drug-likeness (QED) is 0.717. The van der Waals surface area contributed by atoms with Crippen LogP contribution in [0.1, 0.15) is 71.3 Å². The highest BCUT2D eigenvalue weighted by molar-refractivity contribution is 6.62. The second-order valence-corrected chi connectivity index (χ2v) is 10.7. The molecule has 1 amide bonds. The zero-order valence-corrected chi connectivity index (χ0v) is 18.8. The van der Waals surface area contributed by atoms with Crippen LogP contribution in [0.5, 0.6) is 0 Å². The number of nitrogens with zero attached hydrogens (tertiary/aromatic N) is 1. The molecule has 1 spiro atoms. The Labute approximate surface area is 180 Å². The van der Waals surface area contributed by atoms with Crippen molar-refractivity contribution in [1.82, 2.24) is 4.90 Å². The summed E-state index contributed by atoms with van der Waals surface area (Å²) >= 11 is 0. The number of amides is 1. The Morgan fingerprint density at radius 3 is 2.23 bits per heavy atom. The maximum Gasteiger partial charge on any atom is 0.494 e. The summed E-state index contributed by atoms with van der Waals surface area (Å²) in [6, 6.07) is 8.84. The molecule has 5 nitrogen and oxygen atoms in total. The molecule has 3 aliphatic heterocycles. The summed E-state index contributed by atoms with van der Waals surface area (Å²) in [5, 5.41) is 0. The predicted octanol–water partition coefficient (Wildman–Crippen LogP) is 3.26. The Kier molecular flexibility index (Phi) is 4.84. The minimum Gasteiger partial charge on any atom is -0.399 e. The number of carbonyl (C=O) groups excluding carboxylic acids is 1. The Morgan fingerprint density at radius 2 is 1.67 bits per heavy atom. The van der Waals surface area contributed by atoms with Gasteiger partial charge in [-0.1, -0.05) is 24.3 Å². The van der Waals surface area contributed by atoms with Gasteiger partial charge in [0.15, 0.2) is 0 Å². The molecule has 0 N–H and O–H groups in total. The normalized spacial score (nSPS) is 31.3. The highest BCUT2D eigenvalue weighted by Crippen LogP contribution is 2.64. The first-order valence-corrected chi connectivity index (χ1v) is 11.6. The Morgan fingerprint density at radius 1 is 1.03 bits per heavy atom. The smallest absolute Gasteiger partial charge is 0.399 e. The van der Waals surface area contributed by atoms with Crippen LogP contribution in [0.15, 0.2) is 24.3 Å². The average molecular weight is 411 g/mol. The summed E-state index contributed by atoms with van der Waals surface area (Å²) < 4.78 is 18.0. The molecule has 0 radical (unpaired) electrons. The Balaban J connectivity index is 1.19. The van der Waals surface area contributed by atoms with Gasteiger partial charge in [-0.2, -0.15) is 0 Å². The van der Waals surface area contributed by atoms with E-state index in [9.17, 15) is 4.79 Å². The van der Waals surface area contributed by atoms with Gasteiger partial charge in [0.1, 0.15) is 6.10 Å². The lowest BCUT2D eigenvalue weighted by molar-refractivity contribution is -0.142. The topological polar surface area (TPSA) is 48.0 Å². The minimum absolute atomic E-state index is 0.184. The maximum absolute atomic E-state index is 12.6. The van der Waals surface area contributed by atoms with Crippen LogP contribution in [-0.2, 0) is 18.8 Å². The van der Waals surface area contributed by atoms with Crippen LogP contribution in [0.25, 0.3) is 0 Å². The molecule has 3 saturated heterocycles. The zero-order chi connectivity index (χ0) is 21.1. The summed E-state index contributed by atoms with van der Waals surface area (Å²) in [5.74, 6) is 0.830. The van der Waals surface area contributed by atoms with E-state index in [2.05, 4.69) is 52.0 Å². The van der Waals surface area contributed by atoms with Crippen LogP contribution in [0, 0.1) is 5.41 Å². The summed E-state index contributed by atoms with van der Waals surface area (Å²) in [7, 11) is -0.302. The van der Waals surface area contributed by atoms with Gasteiger partial charge in [-0.15, -0.1) is 0 Å². The van der Waals surface area contributed by atoms with E-state index in [1.807, 2.05) is 4.90 Å². The van der Waals surface area contributed by atoms with Crippen molar-refractivity contribution in [1.29, 1.82) is 0 Å². The second kappa shape index (κ2) is 7.08. The maximum atomic E-state index is 12.6. The Bertz CT molecular complexity index is 791. The number of carbonyl (C=O) groups is 1. The van der Waals surface area contributed by atoms with E-state index < -0.39 is 0 Å². The molecule has 2 atom stereocenters. The van der Waals surface area contributed by atoms with E-state index in [0.29, 0.717) is 11.3 Å². The Hall–Kier alpha value is -1.37. The fraction of sp³-hybridized carbons (Fsp3) is 0.708. The number of piperidine rings is 1. The number of rotatable bonds is 3. The molecular weight excluding hydrogens is 377 g/mol. The third kappa shape index (κ3) is 3.41. The van der Waals surface area contributed by atoms with Gasteiger partial charge in [-0.05, 0) is 82.2 Å². The van der Waals surface area contributed by atoms with Gasteiger partial charge in [-0.25, -0.2) is 0 Å². The molecule has 5 rings (SSSR count). The number of benzene rings is 1. The predicted molar refractivity (Wildman–Crippen MR) is 117 cm³/mol. The number of ether oxygens (including phenoxy) is 1. The van der Waals surface area contributed by atoms with E-state index in [-0.39, 0.29) is 30.3 Å². The van der Waals surface area contributed by atoms with Gasteiger partial charge in [0.25, 0.3) is 5.91 Å². The molecule has 162 valence electrons. The van der Waals surface area contributed by atoms with Crippen molar-refractivity contribution >= 4 is 18.5 Å². The molecule has 1 aliphatic carbocycles. The molecule has 0 bridgehead atoms. The third-order valence-electron chi connectivity index (χ3n) is 8.33. The van der Waals surface area contributed by atoms with E-state index in [1.165, 1.54) is 12.0 Å². The van der Waals surface area contributed by atoms with Gasteiger partial charge in [0.2, 0.25) is 0 Å². The first-order chi connectivity index (χ1) is 14.2. The van der Waals surface area contributed by atoms with E-state index in [1.54, 1.807) is 0 Å². The van der Waals surface area contributed by atoms with Crippen molar-refractivity contribution in [2.75, 3.05) is 19.7 Å². The monoisotopic (exact) mass is 411 g/mol. The molecular formula is C24H34BNO4. The number of hydrogen-bond donors (Lipinski definition) is 0. The van der Waals surface area contributed by atoms with Crippen molar-refractivity contribution in [2.45, 2.75) is 83.0 Å². The lowest BCUT2D eigenvalue weighted by atomic mass is 9.78. The van der Waals surface area contributed by atoms with Crippen molar-refractivity contribution in [3.8, 4) is 0 Å². The van der Waals surface area contributed by atoms with Crippen LogP contribution < -0.4 is 5.46 Å². The van der Waals surface area contributed by atoms with Gasteiger partial charge in [-0.3, -0.25) is 4.79 Å². The largest absolute Gasteiger partial charge is 0.494 e. The van der Waals surface area contributed by atoms with Crippen LogP contribution in [0.4, 0.5) is 0 Å². The molecule has 4 aliphatic rings. The molecule has 4 fully saturated rings. The summed E-state index contributed by atoms with van der Waals surface area (Å²) in [5.41, 5.74) is 2.26. The van der Waals surface area contributed by atoms with Crippen molar-refractivity contribution in [3.63, 3.8) is 0 Å². The molecule has 3 heterocycles. The first kappa shape index (κ1) is 20.5. The summed E-state index contributed by atoms with van der Waals surface area (Å²) in [4.78, 5) is 14.7. The zero-order valence-electron chi connectivity index (χ0n) is 18.8. The SMILES string of the molecule is CC1(C)OB(c2ccc(C3CC34CCN(C(=O)[C@@H]3CCCO3)CC4)cc2)OC1(C)C. The summed E-state index contributed by atoms with van der Waals surface area (Å²) in [6.07, 6.45) is 5.17. The van der Waals surface area contributed by atoms with E-state index in [0.717, 1.165) is 50.8 Å². The standard InChI is InChI=1S/C24H34BNO4/c1-22(2)23(3,4)30-25(29-22)18-9-7-17(8-10-18)19-16-24(19)11-13-26(14-12-24)21(27)20-6-5-15-28-20/h7-10,19-20H,5-6,11-16H2,1-4H3/t19?,20-/m0/s1. The lowest BCUT2D eigenvalue weighted by Gasteiger charge is -2.34. The highest BCUT2D eigenvalue weighted by Gasteiger charge is 2.56. The molecule has 1 aromatic rings. The van der Waals surface area contributed by atoms with E-state index >= 15 is 0 Å². The third-order valence-corrected chi connectivity index (χ3v) is 8.33. The molecule has 6 heteroatoms. The van der Waals surface area contributed by atoms with Crippen molar-refractivity contribution in [2.24, 2.45) is 5.41 Å². The summed E-state index contributed by atoms with van der Waals surface area (Å²) in [6.45, 7) is 10.8. The molecule has 1 aromatic carbocycles. The lowest BCUT2D eigenvalue weighted by Crippen LogP contribution is -2.44. The minimum atomic E-state index is -0.314. The molecule has 1 unspecified atom stereocenters. The van der Waals surface area contributed by atoms with Crippen LogP contribution >= 0.6 is 0 Å². The average Bonchev–Trinajstić information content (AvgIpc) is 3.06. The second-order valence-electron chi connectivity index (χ2n) is 10.7. The number of hydrogen-bond acceptors (Lipinski definition) is 4. The van der Waals surface area contributed by atoms with Gasteiger partial charge in [0, 0.05) is 19.7 Å². The van der Waals surface area contributed by atoms with Crippen LogP contribution in [-0.4, -0.2) is 54.9 Å². The fourth-order valence-electron chi connectivity index (χ4n) is 5.38. The number of likely N-dealkylation sites (tertiary alicyclic amines) is 1. The van der Waals surface area contributed by atoms with Gasteiger partial charge >= 0.3 is 7.12 Å². The molecule has 0 aromatic heterocycles. The van der Waals surface area contributed by atoms with Crippen LogP contribution in [0.2, 0.25) is 0 Å². The fourth-order valence-corrected chi connectivity index (χ4v) is 5.38. The van der Waals surface area contributed by atoms with Crippen LogP contribution in [0.3, 0.4) is 0 Å². The molecule has 1 saturated carbocycles. The molecule has 30 heavy (non-hydrogen) atoms. The van der Waals surface area contributed by atoms with E-state index in [4.69, 9.17) is 14.0 Å². The van der Waals surface area contributed by atoms with Gasteiger partial charge in [0.05, 0.1) is 11.2 Å². The highest BCUT2D eigenvalue weighted by atomic mass is 16.7. The van der Waals surface area contributed by atoms with Gasteiger partial charge < -0.3 is 18.9 Å². The first-order valence-electron chi connectivity index (χ1n) is 11.6. The van der Waals surface area contributed by atoms with Crippen molar-refractivity contribution in [3.05, 3.63) is 29.8 Å². The van der Waals surface area contributed by atoms with Crippen molar-refractivity contribution < 1.29 is 18.8 Å².